The van der Waals surface area contributed by atoms with Crippen LogP contribution in [0.25, 0.3) is 0 Å². The molecule has 0 fully saturated rings. The van der Waals surface area contributed by atoms with Crippen LogP contribution in [0, 0.1) is 13.8 Å². The van der Waals surface area contributed by atoms with Crippen molar-refractivity contribution in [2.75, 3.05) is 0 Å². The zero-order valence-electron chi connectivity index (χ0n) is 13.5. The molecule has 6 heteroatoms. The molecular formula is C15H26BrN3O2. The van der Waals surface area contributed by atoms with Crippen molar-refractivity contribution in [1.82, 2.24) is 15.1 Å². The number of hydrogen-bond donors (Lipinski definition) is 2. The van der Waals surface area contributed by atoms with E-state index >= 15 is 0 Å². The van der Waals surface area contributed by atoms with Gasteiger partial charge in [-0.25, -0.2) is 0 Å². The van der Waals surface area contributed by atoms with E-state index in [4.69, 9.17) is 0 Å². The number of rotatable bonds is 8. The second kappa shape index (κ2) is 7.40. The van der Waals surface area contributed by atoms with Crippen molar-refractivity contribution in [3.63, 3.8) is 0 Å². The highest BCUT2D eigenvalue weighted by molar-refractivity contribution is 9.10. The number of aromatic nitrogens is 2. The molecule has 0 saturated heterocycles. The van der Waals surface area contributed by atoms with Crippen molar-refractivity contribution in [3.8, 4) is 0 Å². The molecule has 0 aromatic carbocycles. The maximum atomic E-state index is 11.7. The van der Waals surface area contributed by atoms with Crippen molar-refractivity contribution in [2.24, 2.45) is 0 Å². The maximum absolute atomic E-state index is 11.7. The van der Waals surface area contributed by atoms with E-state index in [1.807, 2.05) is 39.3 Å². The highest BCUT2D eigenvalue weighted by atomic mass is 79.9. The predicted octanol–water partition coefficient (Wildman–Crippen LogP) is 3.27. The molecule has 1 aromatic rings. The minimum atomic E-state index is -0.846. The molecule has 0 aliphatic carbocycles. The van der Waals surface area contributed by atoms with E-state index in [1.54, 1.807) is 0 Å². The molecule has 0 aliphatic heterocycles. The van der Waals surface area contributed by atoms with Gasteiger partial charge in [-0.1, -0.05) is 6.92 Å². The first-order chi connectivity index (χ1) is 9.73. The summed E-state index contributed by atoms with van der Waals surface area (Å²) in [5.41, 5.74) is 1.20. The van der Waals surface area contributed by atoms with Gasteiger partial charge in [0.1, 0.15) is 5.54 Å². The molecule has 0 amide bonds. The third-order valence-corrected chi connectivity index (χ3v) is 4.99. The molecule has 1 aromatic heterocycles. The zero-order chi connectivity index (χ0) is 16.2. The Kier molecular flexibility index (Phi) is 6.41. The fourth-order valence-corrected chi connectivity index (χ4v) is 2.93. The SMILES string of the molecule is CCC(CCCn1nc(C)c(Br)c1C)(NC(C)C)C(=O)O. The van der Waals surface area contributed by atoms with Gasteiger partial charge in [0.25, 0.3) is 0 Å². The van der Waals surface area contributed by atoms with Gasteiger partial charge in [0, 0.05) is 18.3 Å². The van der Waals surface area contributed by atoms with E-state index in [2.05, 4.69) is 26.3 Å². The number of nitrogens with one attached hydrogen (secondary N) is 1. The molecular weight excluding hydrogens is 334 g/mol. The van der Waals surface area contributed by atoms with E-state index in [0.29, 0.717) is 12.8 Å². The first-order valence-corrected chi connectivity index (χ1v) is 8.23. The summed E-state index contributed by atoms with van der Waals surface area (Å²) in [7, 11) is 0. The van der Waals surface area contributed by atoms with Crippen LogP contribution in [0.3, 0.4) is 0 Å². The number of aryl methyl sites for hydroxylation is 2. The minimum absolute atomic E-state index is 0.142. The van der Waals surface area contributed by atoms with Gasteiger partial charge >= 0.3 is 5.97 Å². The molecule has 1 unspecified atom stereocenters. The Labute approximate surface area is 135 Å². The first-order valence-electron chi connectivity index (χ1n) is 7.44. The number of halogens is 1. The van der Waals surface area contributed by atoms with Gasteiger partial charge in [0.2, 0.25) is 0 Å². The summed E-state index contributed by atoms with van der Waals surface area (Å²) in [6.07, 6.45) is 1.93. The van der Waals surface area contributed by atoms with Gasteiger partial charge in [0.05, 0.1) is 10.2 Å². The van der Waals surface area contributed by atoms with E-state index in [0.717, 1.165) is 28.8 Å². The lowest BCUT2D eigenvalue weighted by atomic mass is 9.89. The smallest absolute Gasteiger partial charge is 0.323 e. The van der Waals surface area contributed by atoms with Gasteiger partial charge in [-0.3, -0.25) is 14.8 Å². The molecule has 0 aliphatic rings. The Morgan fingerprint density at radius 2 is 2.10 bits per heavy atom. The molecule has 120 valence electrons. The fourth-order valence-electron chi connectivity index (χ4n) is 2.65. The lowest BCUT2D eigenvalue weighted by molar-refractivity contribution is -0.145. The molecule has 0 radical (unpaired) electrons. The van der Waals surface area contributed by atoms with Crippen LogP contribution in [0.5, 0.6) is 0 Å². The van der Waals surface area contributed by atoms with Crippen LogP contribution < -0.4 is 5.32 Å². The summed E-state index contributed by atoms with van der Waals surface area (Å²) in [4.78, 5) is 11.7. The van der Waals surface area contributed by atoms with Crippen LogP contribution in [0.2, 0.25) is 0 Å². The van der Waals surface area contributed by atoms with Crippen LogP contribution >= 0.6 is 15.9 Å². The summed E-state index contributed by atoms with van der Waals surface area (Å²) in [5.74, 6) is -0.770. The molecule has 0 bridgehead atoms. The normalized spacial score (nSPS) is 14.4. The average molecular weight is 360 g/mol. The van der Waals surface area contributed by atoms with Gasteiger partial charge < -0.3 is 5.11 Å². The lowest BCUT2D eigenvalue weighted by Gasteiger charge is -2.31. The van der Waals surface area contributed by atoms with Gasteiger partial charge in [-0.05, 0) is 62.9 Å². The Bertz CT molecular complexity index is 499. The van der Waals surface area contributed by atoms with Crippen LogP contribution in [0.1, 0.15) is 51.4 Å². The largest absolute Gasteiger partial charge is 0.480 e. The average Bonchev–Trinajstić information content (AvgIpc) is 2.64. The van der Waals surface area contributed by atoms with E-state index in [1.165, 1.54) is 0 Å². The fraction of sp³-hybridized carbons (Fsp3) is 0.733. The highest BCUT2D eigenvalue weighted by Gasteiger charge is 2.36. The summed E-state index contributed by atoms with van der Waals surface area (Å²) < 4.78 is 2.97. The molecule has 1 heterocycles. The predicted molar refractivity (Wildman–Crippen MR) is 87.6 cm³/mol. The van der Waals surface area contributed by atoms with E-state index in [9.17, 15) is 9.90 Å². The Morgan fingerprint density at radius 1 is 1.48 bits per heavy atom. The minimum Gasteiger partial charge on any atom is -0.480 e. The van der Waals surface area contributed by atoms with Crippen molar-refractivity contribution < 1.29 is 9.90 Å². The van der Waals surface area contributed by atoms with Crippen LogP contribution in [0.15, 0.2) is 4.47 Å². The molecule has 0 saturated carbocycles. The first kappa shape index (κ1) is 18.2. The number of nitrogens with zero attached hydrogens (tertiary/aromatic N) is 2. The molecule has 1 atom stereocenters. The molecule has 5 nitrogen and oxygen atoms in total. The second-order valence-electron chi connectivity index (χ2n) is 5.85. The second-order valence-corrected chi connectivity index (χ2v) is 6.64. The summed E-state index contributed by atoms with van der Waals surface area (Å²) in [6.45, 7) is 10.6. The Morgan fingerprint density at radius 3 is 2.48 bits per heavy atom. The lowest BCUT2D eigenvalue weighted by Crippen LogP contribution is -2.54. The number of carboxylic acid groups (broad SMARTS) is 1. The molecule has 0 spiro atoms. The summed E-state index contributed by atoms with van der Waals surface area (Å²) >= 11 is 3.51. The van der Waals surface area contributed by atoms with Crippen LogP contribution in [-0.4, -0.2) is 32.4 Å². The standard InChI is InChI=1S/C15H26BrN3O2/c1-6-15(14(20)21,17-10(2)3)8-7-9-19-12(5)13(16)11(4)18-19/h10,17H,6-9H2,1-5H3,(H,20,21). The third-order valence-electron chi connectivity index (χ3n) is 3.84. The monoisotopic (exact) mass is 359 g/mol. The molecule has 1 rings (SSSR count). The maximum Gasteiger partial charge on any atom is 0.323 e. The van der Waals surface area contributed by atoms with Crippen molar-refractivity contribution in [3.05, 3.63) is 15.9 Å². The van der Waals surface area contributed by atoms with E-state index < -0.39 is 11.5 Å². The van der Waals surface area contributed by atoms with Gasteiger partial charge in [-0.15, -0.1) is 0 Å². The van der Waals surface area contributed by atoms with Gasteiger partial charge in [0.15, 0.2) is 0 Å². The van der Waals surface area contributed by atoms with E-state index in [-0.39, 0.29) is 6.04 Å². The van der Waals surface area contributed by atoms with Crippen molar-refractivity contribution in [2.45, 2.75) is 72.0 Å². The van der Waals surface area contributed by atoms with Crippen LogP contribution in [-0.2, 0) is 11.3 Å². The molecule has 2 N–H and O–H groups in total. The zero-order valence-corrected chi connectivity index (χ0v) is 15.1. The Balaban J connectivity index is 2.73. The third kappa shape index (κ3) is 4.30. The number of hydrogen-bond acceptors (Lipinski definition) is 3. The van der Waals surface area contributed by atoms with Gasteiger partial charge in [-0.2, -0.15) is 5.10 Å². The van der Waals surface area contributed by atoms with Crippen molar-refractivity contribution in [1.29, 1.82) is 0 Å². The van der Waals surface area contributed by atoms with Crippen molar-refractivity contribution >= 4 is 21.9 Å². The quantitative estimate of drug-likeness (QED) is 0.747. The highest BCUT2D eigenvalue weighted by Crippen LogP contribution is 2.23. The number of aliphatic carboxylic acids is 1. The molecule has 21 heavy (non-hydrogen) atoms. The Hall–Kier alpha value is -0.880. The summed E-state index contributed by atoms with van der Waals surface area (Å²) in [5, 5.41) is 17.3. The van der Waals surface area contributed by atoms with Crippen LogP contribution in [0.4, 0.5) is 0 Å². The number of carbonyl (C=O) groups is 1. The summed E-state index contributed by atoms with van der Waals surface area (Å²) in [6, 6.07) is 0.142. The topological polar surface area (TPSA) is 67.2 Å². The number of carboxylic acids is 1.